The van der Waals surface area contributed by atoms with E-state index in [4.69, 9.17) is 16.3 Å². The number of rotatable bonds is 6. The van der Waals surface area contributed by atoms with E-state index in [1.165, 1.54) is 6.07 Å². The van der Waals surface area contributed by atoms with E-state index in [0.29, 0.717) is 54.7 Å². The Kier molecular flexibility index (Phi) is 5.75. The van der Waals surface area contributed by atoms with Crippen molar-refractivity contribution in [1.29, 1.82) is 0 Å². The second kappa shape index (κ2) is 8.21. The molecule has 1 heterocycles. The van der Waals surface area contributed by atoms with Crippen molar-refractivity contribution >= 4 is 23.5 Å². The number of carbonyl (C=O) groups is 2. The molecular formula is C19H19ClN2O4. The highest BCUT2D eigenvalue weighted by molar-refractivity contribution is 6.31. The van der Waals surface area contributed by atoms with E-state index >= 15 is 0 Å². The van der Waals surface area contributed by atoms with Crippen LogP contribution < -0.4 is 10.1 Å². The summed E-state index contributed by atoms with van der Waals surface area (Å²) in [6, 6.07) is 11.8. The van der Waals surface area contributed by atoms with Crippen LogP contribution in [0.1, 0.15) is 16.8 Å². The molecule has 0 unspecified atom stereocenters. The quantitative estimate of drug-likeness (QED) is 0.812. The van der Waals surface area contributed by atoms with Crippen LogP contribution in [-0.4, -0.2) is 48.2 Å². The molecule has 6 nitrogen and oxygen atoms in total. The van der Waals surface area contributed by atoms with Crippen molar-refractivity contribution in [3.8, 4) is 16.9 Å². The number of ether oxygens (including phenoxy) is 1. The van der Waals surface area contributed by atoms with Gasteiger partial charge in [0.15, 0.2) is 0 Å². The number of carbonyl (C=O) groups excluding carboxylic acids is 1. The lowest BCUT2D eigenvalue weighted by Crippen LogP contribution is -2.47. The van der Waals surface area contributed by atoms with Crippen LogP contribution in [0.2, 0.25) is 5.02 Å². The molecule has 1 fully saturated rings. The Bertz CT molecular complexity index is 825. The Morgan fingerprint density at radius 1 is 1.27 bits per heavy atom. The summed E-state index contributed by atoms with van der Waals surface area (Å²) in [4.78, 5) is 24.8. The maximum atomic E-state index is 11.8. The van der Waals surface area contributed by atoms with E-state index in [0.717, 1.165) is 0 Å². The van der Waals surface area contributed by atoms with Crippen molar-refractivity contribution < 1.29 is 19.4 Å². The second-order valence-corrected chi connectivity index (χ2v) is 6.38. The molecule has 136 valence electrons. The number of aromatic carboxylic acids is 1. The van der Waals surface area contributed by atoms with Gasteiger partial charge in [0.05, 0.1) is 18.8 Å². The highest BCUT2D eigenvalue weighted by atomic mass is 35.5. The summed E-state index contributed by atoms with van der Waals surface area (Å²) in [7, 11) is 0. The molecular weight excluding hydrogens is 356 g/mol. The maximum Gasteiger partial charge on any atom is 0.335 e. The van der Waals surface area contributed by atoms with Gasteiger partial charge in [0.1, 0.15) is 12.4 Å². The minimum Gasteiger partial charge on any atom is -0.491 e. The van der Waals surface area contributed by atoms with E-state index in [1.807, 2.05) is 6.07 Å². The molecule has 0 aliphatic carbocycles. The number of hydrogen-bond acceptors (Lipinski definition) is 4. The van der Waals surface area contributed by atoms with Crippen LogP contribution in [0.25, 0.3) is 11.1 Å². The average Bonchev–Trinajstić information content (AvgIpc) is 2.64. The molecule has 2 N–H and O–H groups in total. The van der Waals surface area contributed by atoms with Crippen molar-refractivity contribution in [3.63, 3.8) is 0 Å². The number of amides is 1. The third-order valence-corrected chi connectivity index (χ3v) is 4.39. The zero-order valence-electron chi connectivity index (χ0n) is 14.1. The van der Waals surface area contributed by atoms with Crippen molar-refractivity contribution in [2.24, 2.45) is 0 Å². The van der Waals surface area contributed by atoms with Crippen LogP contribution in [0.4, 0.5) is 0 Å². The van der Waals surface area contributed by atoms with Crippen LogP contribution in [0.5, 0.6) is 5.75 Å². The predicted octanol–water partition coefficient (Wildman–Crippen LogP) is 2.86. The van der Waals surface area contributed by atoms with Gasteiger partial charge in [0, 0.05) is 23.6 Å². The van der Waals surface area contributed by atoms with Crippen LogP contribution in [0, 0.1) is 0 Å². The molecule has 0 aromatic heterocycles. The molecule has 2 aromatic rings. The van der Waals surface area contributed by atoms with Crippen molar-refractivity contribution in [2.75, 3.05) is 26.4 Å². The number of benzene rings is 2. The molecule has 0 spiro atoms. The zero-order chi connectivity index (χ0) is 18.5. The second-order valence-electron chi connectivity index (χ2n) is 5.94. The van der Waals surface area contributed by atoms with Crippen molar-refractivity contribution in [1.82, 2.24) is 10.2 Å². The molecule has 0 saturated carbocycles. The first-order valence-electron chi connectivity index (χ1n) is 8.29. The Morgan fingerprint density at radius 2 is 2.12 bits per heavy atom. The van der Waals surface area contributed by atoms with Gasteiger partial charge in [-0.25, -0.2) is 4.79 Å². The minimum atomic E-state index is -0.993. The van der Waals surface area contributed by atoms with E-state index in [2.05, 4.69) is 5.32 Å². The van der Waals surface area contributed by atoms with Gasteiger partial charge in [-0.1, -0.05) is 23.7 Å². The Balaban J connectivity index is 1.77. The molecule has 0 radical (unpaired) electrons. The summed E-state index contributed by atoms with van der Waals surface area (Å²) < 4.78 is 5.87. The first kappa shape index (κ1) is 18.2. The zero-order valence-corrected chi connectivity index (χ0v) is 14.8. The van der Waals surface area contributed by atoms with Crippen LogP contribution in [-0.2, 0) is 4.79 Å². The number of nitrogens with one attached hydrogen (secondary N) is 1. The van der Waals surface area contributed by atoms with Gasteiger partial charge in [-0.15, -0.1) is 0 Å². The standard InChI is InChI=1S/C19H19ClN2O4/c20-15-4-5-17(26-9-8-22-12-21-7-6-18(22)23)16(11-15)13-2-1-3-14(10-13)19(24)25/h1-5,10-11,21H,6-9,12H2,(H,24,25). The van der Waals surface area contributed by atoms with Gasteiger partial charge in [-0.3, -0.25) is 10.1 Å². The molecule has 7 heteroatoms. The van der Waals surface area contributed by atoms with Crippen molar-refractivity contribution in [2.45, 2.75) is 6.42 Å². The Labute approximate surface area is 156 Å². The van der Waals surface area contributed by atoms with Gasteiger partial charge in [-0.2, -0.15) is 0 Å². The summed E-state index contributed by atoms with van der Waals surface area (Å²) in [6.07, 6.45) is 0.494. The SMILES string of the molecule is O=C(O)c1cccc(-c2cc(Cl)ccc2OCCN2CNCCC2=O)c1. The lowest BCUT2D eigenvalue weighted by atomic mass is 10.0. The lowest BCUT2D eigenvalue weighted by molar-refractivity contribution is -0.133. The van der Waals surface area contributed by atoms with E-state index < -0.39 is 5.97 Å². The summed E-state index contributed by atoms with van der Waals surface area (Å²) >= 11 is 6.11. The van der Waals surface area contributed by atoms with Gasteiger partial charge < -0.3 is 14.7 Å². The molecule has 1 aliphatic rings. The van der Waals surface area contributed by atoms with Crippen LogP contribution >= 0.6 is 11.6 Å². The summed E-state index contributed by atoms with van der Waals surface area (Å²) in [5.41, 5.74) is 1.61. The van der Waals surface area contributed by atoms with Crippen LogP contribution in [0.3, 0.4) is 0 Å². The van der Waals surface area contributed by atoms with Gasteiger partial charge >= 0.3 is 5.97 Å². The molecule has 1 amide bonds. The predicted molar refractivity (Wildman–Crippen MR) is 98.5 cm³/mol. The van der Waals surface area contributed by atoms with Crippen LogP contribution in [0.15, 0.2) is 42.5 Å². The summed E-state index contributed by atoms with van der Waals surface area (Å²) in [6.45, 7) is 2.04. The third kappa shape index (κ3) is 4.33. The number of carboxylic acid groups (broad SMARTS) is 1. The summed E-state index contributed by atoms with van der Waals surface area (Å²) in [5.74, 6) is -0.292. The van der Waals surface area contributed by atoms with E-state index in [9.17, 15) is 14.7 Å². The Hall–Kier alpha value is -2.57. The van der Waals surface area contributed by atoms with Gasteiger partial charge in [0.2, 0.25) is 5.91 Å². The normalized spacial score (nSPS) is 14.3. The number of halogens is 1. The first-order valence-corrected chi connectivity index (χ1v) is 8.67. The first-order chi connectivity index (χ1) is 12.5. The van der Waals surface area contributed by atoms with E-state index in [-0.39, 0.29) is 11.5 Å². The molecule has 3 rings (SSSR count). The number of nitrogens with zero attached hydrogens (tertiary/aromatic N) is 1. The topological polar surface area (TPSA) is 78.9 Å². The van der Waals surface area contributed by atoms with Crippen molar-refractivity contribution in [3.05, 3.63) is 53.1 Å². The minimum absolute atomic E-state index is 0.109. The average molecular weight is 375 g/mol. The fraction of sp³-hybridized carbons (Fsp3) is 0.263. The molecule has 1 saturated heterocycles. The van der Waals surface area contributed by atoms with Gasteiger partial charge in [-0.05, 0) is 35.9 Å². The highest BCUT2D eigenvalue weighted by Crippen LogP contribution is 2.33. The smallest absolute Gasteiger partial charge is 0.335 e. The molecule has 0 bridgehead atoms. The monoisotopic (exact) mass is 374 g/mol. The molecule has 2 aromatic carbocycles. The van der Waals surface area contributed by atoms with Gasteiger partial charge in [0.25, 0.3) is 0 Å². The highest BCUT2D eigenvalue weighted by Gasteiger charge is 2.17. The molecule has 26 heavy (non-hydrogen) atoms. The molecule has 1 aliphatic heterocycles. The number of hydrogen-bond donors (Lipinski definition) is 2. The lowest BCUT2D eigenvalue weighted by Gasteiger charge is -2.27. The third-order valence-electron chi connectivity index (χ3n) is 4.15. The largest absolute Gasteiger partial charge is 0.491 e. The summed E-state index contributed by atoms with van der Waals surface area (Å²) in [5, 5.41) is 12.9. The fourth-order valence-corrected chi connectivity index (χ4v) is 2.97. The fourth-order valence-electron chi connectivity index (χ4n) is 2.80. The Morgan fingerprint density at radius 3 is 2.88 bits per heavy atom. The van der Waals surface area contributed by atoms with E-state index in [1.54, 1.807) is 35.2 Å². The molecule has 0 atom stereocenters. The maximum absolute atomic E-state index is 11.8. The number of carboxylic acids is 1.